The highest BCUT2D eigenvalue weighted by molar-refractivity contribution is 6.30. The van der Waals surface area contributed by atoms with Gasteiger partial charge in [-0.05, 0) is 6.42 Å². The first kappa shape index (κ1) is 15.5. The average Bonchev–Trinajstić information content (AvgIpc) is 2.58. The van der Waals surface area contributed by atoms with Crippen LogP contribution >= 0.6 is 23.2 Å². The maximum Gasteiger partial charge on any atom is 0.227 e. The summed E-state index contributed by atoms with van der Waals surface area (Å²) in [6.45, 7) is 2.93. The topological polar surface area (TPSA) is 38.2 Å². The van der Waals surface area contributed by atoms with Crippen LogP contribution in [0.25, 0.3) is 11.3 Å². The van der Waals surface area contributed by atoms with Crippen LogP contribution < -0.4 is 4.90 Å². The largest absolute Gasteiger partial charge is 0.378 e. The number of halogens is 2. The molecule has 3 rings (SSSR count). The minimum absolute atomic E-state index is 0.482. The molecule has 4 nitrogen and oxygen atoms in total. The molecule has 0 atom stereocenters. The fourth-order valence-electron chi connectivity index (χ4n) is 2.50. The molecule has 0 spiro atoms. The zero-order valence-corrected chi connectivity index (χ0v) is 13.6. The van der Waals surface area contributed by atoms with Gasteiger partial charge in [0, 0.05) is 30.1 Å². The molecular formula is C16H17Cl2N3O. The maximum atomic E-state index is 6.41. The van der Waals surface area contributed by atoms with Crippen molar-refractivity contribution in [2.75, 3.05) is 37.1 Å². The molecular weight excluding hydrogens is 321 g/mol. The molecule has 2 aromatic rings. The van der Waals surface area contributed by atoms with Crippen LogP contribution in [0.4, 0.5) is 5.95 Å². The molecule has 0 bridgehead atoms. The van der Waals surface area contributed by atoms with Crippen LogP contribution in [-0.2, 0) is 11.2 Å². The van der Waals surface area contributed by atoms with E-state index >= 15 is 0 Å². The summed E-state index contributed by atoms with van der Waals surface area (Å²) in [6, 6.07) is 10.0. The minimum atomic E-state index is 0.482. The molecule has 0 unspecified atom stereocenters. The van der Waals surface area contributed by atoms with Gasteiger partial charge in [-0.25, -0.2) is 9.97 Å². The van der Waals surface area contributed by atoms with Crippen LogP contribution in [0.5, 0.6) is 0 Å². The van der Waals surface area contributed by atoms with E-state index in [4.69, 9.17) is 32.9 Å². The van der Waals surface area contributed by atoms with Crippen molar-refractivity contribution in [3.63, 3.8) is 0 Å². The lowest BCUT2D eigenvalue weighted by molar-refractivity contribution is 0.122. The van der Waals surface area contributed by atoms with Gasteiger partial charge < -0.3 is 9.64 Å². The Hall–Kier alpha value is -1.36. The number of benzene rings is 1. The van der Waals surface area contributed by atoms with Gasteiger partial charge in [0.15, 0.2) is 0 Å². The highest BCUT2D eigenvalue weighted by atomic mass is 35.5. The molecule has 1 aromatic carbocycles. The summed E-state index contributed by atoms with van der Waals surface area (Å²) in [7, 11) is 0. The molecule has 1 aliphatic heterocycles. The van der Waals surface area contributed by atoms with Crippen molar-refractivity contribution in [1.29, 1.82) is 0 Å². The normalized spacial score (nSPS) is 15.1. The second-order valence-electron chi connectivity index (χ2n) is 5.05. The zero-order valence-electron chi connectivity index (χ0n) is 12.1. The zero-order chi connectivity index (χ0) is 15.4. The second-order valence-corrected chi connectivity index (χ2v) is 5.78. The van der Waals surface area contributed by atoms with E-state index in [0.29, 0.717) is 36.6 Å². The Labute approximate surface area is 140 Å². The van der Waals surface area contributed by atoms with E-state index in [-0.39, 0.29) is 0 Å². The number of alkyl halides is 1. The van der Waals surface area contributed by atoms with Gasteiger partial charge in [0.1, 0.15) is 5.15 Å². The van der Waals surface area contributed by atoms with Crippen molar-refractivity contribution < 1.29 is 4.74 Å². The van der Waals surface area contributed by atoms with Crippen LogP contribution in [0.15, 0.2) is 30.3 Å². The van der Waals surface area contributed by atoms with Crippen LogP contribution in [-0.4, -0.2) is 42.2 Å². The fourth-order valence-corrected chi connectivity index (χ4v) is 2.95. The Bertz CT molecular complexity index is 631. The molecule has 1 fully saturated rings. The van der Waals surface area contributed by atoms with Crippen LogP contribution in [0, 0.1) is 0 Å². The van der Waals surface area contributed by atoms with Gasteiger partial charge >= 0.3 is 0 Å². The van der Waals surface area contributed by atoms with Gasteiger partial charge in [-0.15, -0.1) is 11.6 Å². The average molecular weight is 338 g/mol. The van der Waals surface area contributed by atoms with Crippen molar-refractivity contribution in [2.24, 2.45) is 0 Å². The first-order valence-electron chi connectivity index (χ1n) is 7.30. The maximum absolute atomic E-state index is 6.41. The van der Waals surface area contributed by atoms with E-state index in [9.17, 15) is 0 Å². The highest BCUT2D eigenvalue weighted by Crippen LogP contribution is 2.29. The quantitative estimate of drug-likeness (QED) is 0.633. The lowest BCUT2D eigenvalue weighted by Crippen LogP contribution is -2.37. The molecule has 6 heteroatoms. The number of nitrogens with zero attached hydrogens (tertiary/aromatic N) is 3. The molecule has 0 N–H and O–H groups in total. The molecule has 1 aromatic heterocycles. The third-order valence-electron chi connectivity index (χ3n) is 3.63. The summed E-state index contributed by atoms with van der Waals surface area (Å²) in [4.78, 5) is 11.3. The van der Waals surface area contributed by atoms with Crippen molar-refractivity contribution in [1.82, 2.24) is 9.97 Å². The van der Waals surface area contributed by atoms with E-state index in [1.165, 1.54) is 0 Å². The van der Waals surface area contributed by atoms with Gasteiger partial charge in [-0.1, -0.05) is 41.9 Å². The van der Waals surface area contributed by atoms with Crippen LogP contribution in [0.2, 0.25) is 5.15 Å². The summed E-state index contributed by atoms with van der Waals surface area (Å²) in [5.41, 5.74) is 2.80. The molecule has 0 aliphatic carbocycles. The number of hydrogen-bond donors (Lipinski definition) is 0. The van der Waals surface area contributed by atoms with E-state index < -0.39 is 0 Å². The van der Waals surface area contributed by atoms with Gasteiger partial charge in [0.05, 0.1) is 18.9 Å². The Kier molecular flexibility index (Phi) is 5.13. The predicted molar refractivity (Wildman–Crippen MR) is 89.9 cm³/mol. The van der Waals surface area contributed by atoms with Crippen LogP contribution in [0.3, 0.4) is 0 Å². The summed E-state index contributed by atoms with van der Waals surface area (Å²) in [6.07, 6.45) is 0.647. The first-order valence-corrected chi connectivity index (χ1v) is 8.21. The third kappa shape index (κ3) is 3.35. The molecule has 1 aliphatic rings. The van der Waals surface area contributed by atoms with E-state index in [0.717, 1.165) is 29.9 Å². The standard InChI is InChI=1S/C16H17Cl2N3O/c17-7-6-13-14(12-4-2-1-3-5-12)19-16(20-15(13)18)21-8-10-22-11-9-21/h1-5H,6-11H2. The van der Waals surface area contributed by atoms with E-state index in [1.54, 1.807) is 0 Å². The number of morpholine rings is 1. The SMILES string of the molecule is ClCCc1c(Cl)nc(N2CCOCC2)nc1-c1ccccc1. The van der Waals surface area contributed by atoms with Gasteiger partial charge in [0.2, 0.25) is 5.95 Å². The summed E-state index contributed by atoms with van der Waals surface area (Å²) < 4.78 is 5.38. The van der Waals surface area contributed by atoms with Crippen molar-refractivity contribution in [2.45, 2.75) is 6.42 Å². The number of rotatable bonds is 4. The highest BCUT2D eigenvalue weighted by Gasteiger charge is 2.19. The lowest BCUT2D eigenvalue weighted by Gasteiger charge is -2.27. The smallest absolute Gasteiger partial charge is 0.227 e. The summed E-state index contributed by atoms with van der Waals surface area (Å²) in [5.74, 6) is 1.14. The number of ether oxygens (including phenoxy) is 1. The van der Waals surface area contributed by atoms with E-state index in [2.05, 4.69) is 9.88 Å². The number of aromatic nitrogens is 2. The van der Waals surface area contributed by atoms with Crippen molar-refractivity contribution >= 4 is 29.2 Å². The lowest BCUT2D eigenvalue weighted by atomic mass is 10.1. The van der Waals surface area contributed by atoms with E-state index in [1.807, 2.05) is 30.3 Å². The Morgan fingerprint density at radius 3 is 2.50 bits per heavy atom. The van der Waals surface area contributed by atoms with Gasteiger partial charge in [-0.3, -0.25) is 0 Å². The van der Waals surface area contributed by atoms with Crippen LogP contribution in [0.1, 0.15) is 5.56 Å². The van der Waals surface area contributed by atoms with Gasteiger partial charge in [-0.2, -0.15) is 0 Å². The minimum Gasteiger partial charge on any atom is -0.378 e. The molecule has 0 saturated carbocycles. The Morgan fingerprint density at radius 1 is 1.09 bits per heavy atom. The summed E-state index contributed by atoms with van der Waals surface area (Å²) >= 11 is 12.3. The Balaban J connectivity index is 2.05. The predicted octanol–water partition coefficient (Wildman–Crippen LogP) is 3.41. The molecule has 116 valence electrons. The first-order chi connectivity index (χ1) is 10.8. The monoisotopic (exact) mass is 337 g/mol. The second kappa shape index (κ2) is 7.27. The molecule has 0 amide bonds. The van der Waals surface area contributed by atoms with Gasteiger partial charge in [0.25, 0.3) is 0 Å². The number of anilines is 1. The summed E-state index contributed by atoms with van der Waals surface area (Å²) in [5, 5.41) is 0.482. The molecule has 1 saturated heterocycles. The van der Waals surface area contributed by atoms with Crippen molar-refractivity contribution in [3.8, 4) is 11.3 Å². The van der Waals surface area contributed by atoms with Crippen molar-refractivity contribution in [3.05, 3.63) is 41.0 Å². The fraction of sp³-hybridized carbons (Fsp3) is 0.375. The molecule has 22 heavy (non-hydrogen) atoms. The molecule has 2 heterocycles. The number of hydrogen-bond acceptors (Lipinski definition) is 4. The Morgan fingerprint density at radius 2 is 1.82 bits per heavy atom. The third-order valence-corrected chi connectivity index (χ3v) is 4.13. The molecule has 0 radical (unpaired) electrons.